The van der Waals surface area contributed by atoms with Gasteiger partial charge in [0.15, 0.2) is 0 Å². The van der Waals surface area contributed by atoms with E-state index in [1.165, 1.54) is 10.8 Å². The van der Waals surface area contributed by atoms with Crippen molar-refractivity contribution in [2.24, 2.45) is 0 Å². The number of imidazole rings is 1. The maximum absolute atomic E-state index is 5.05. The molecule has 0 atom stereocenters. The standard InChI is InChI=1S/C39H25N5/c1-3-11-30(12-4-1)43-35-16-8-7-15-34(35)42-38(43)27-20-18-26(19-21-27)29-22-28-10-9-17-36-37(28)32(23-29)33-24-40-25-41-39(33)44(36)31-13-5-2-6-14-31/h1-25H. The molecule has 9 rings (SSSR count). The normalized spacial score (nSPS) is 12.0. The van der Waals surface area contributed by atoms with Crippen LogP contribution in [0.15, 0.2) is 152 Å². The molecule has 5 heteroatoms. The van der Waals surface area contributed by atoms with Gasteiger partial charge in [0.05, 0.1) is 16.7 Å². The molecule has 0 amide bonds. The second kappa shape index (κ2) is 9.75. The van der Waals surface area contributed by atoms with Crippen molar-refractivity contribution in [2.75, 3.05) is 4.90 Å². The molecule has 8 aromatic rings. The summed E-state index contributed by atoms with van der Waals surface area (Å²) >= 11 is 0. The molecule has 1 aliphatic rings. The maximum atomic E-state index is 5.05. The van der Waals surface area contributed by atoms with Gasteiger partial charge in [0.2, 0.25) is 0 Å². The lowest BCUT2D eigenvalue weighted by atomic mass is 9.89. The summed E-state index contributed by atoms with van der Waals surface area (Å²) in [5.74, 6) is 1.81. The Labute approximate surface area is 254 Å². The molecule has 44 heavy (non-hydrogen) atoms. The highest BCUT2D eigenvalue weighted by Crippen LogP contribution is 2.50. The fourth-order valence-corrected chi connectivity index (χ4v) is 6.49. The van der Waals surface area contributed by atoms with Crippen LogP contribution in [0, 0.1) is 0 Å². The van der Waals surface area contributed by atoms with E-state index in [4.69, 9.17) is 9.97 Å². The number of fused-ring (bicyclic) bond motifs is 3. The number of para-hydroxylation sites is 4. The zero-order chi connectivity index (χ0) is 29.0. The van der Waals surface area contributed by atoms with E-state index in [1.54, 1.807) is 6.33 Å². The van der Waals surface area contributed by atoms with Crippen molar-refractivity contribution < 1.29 is 0 Å². The minimum Gasteiger partial charge on any atom is -0.294 e. The predicted octanol–water partition coefficient (Wildman–Crippen LogP) is 9.75. The summed E-state index contributed by atoms with van der Waals surface area (Å²) in [6.45, 7) is 0. The smallest absolute Gasteiger partial charge is 0.148 e. The lowest BCUT2D eigenvalue weighted by molar-refractivity contribution is 1.10. The first kappa shape index (κ1) is 24.5. The maximum Gasteiger partial charge on any atom is 0.148 e. The third kappa shape index (κ3) is 3.76. The van der Waals surface area contributed by atoms with E-state index in [0.717, 1.165) is 67.6 Å². The van der Waals surface area contributed by atoms with E-state index in [-0.39, 0.29) is 0 Å². The molecule has 0 unspecified atom stereocenters. The summed E-state index contributed by atoms with van der Waals surface area (Å²) in [7, 11) is 0. The second-order valence-electron chi connectivity index (χ2n) is 11.0. The number of rotatable bonds is 4. The van der Waals surface area contributed by atoms with Crippen molar-refractivity contribution in [1.82, 2.24) is 19.5 Å². The van der Waals surface area contributed by atoms with E-state index in [9.17, 15) is 0 Å². The monoisotopic (exact) mass is 563 g/mol. The largest absolute Gasteiger partial charge is 0.294 e. The highest BCUT2D eigenvalue weighted by molar-refractivity contribution is 6.14. The molecule has 206 valence electrons. The molecule has 0 spiro atoms. The van der Waals surface area contributed by atoms with Crippen molar-refractivity contribution in [2.45, 2.75) is 0 Å². The molecule has 3 heterocycles. The van der Waals surface area contributed by atoms with Gasteiger partial charge in [-0.05, 0) is 76.7 Å². The SMILES string of the molecule is c1ccc(N2c3ncncc3-c3cc(-c4ccc(-c5nc6ccccc6n5-c5ccccc5)cc4)cc4cccc2c34)cc1. The lowest BCUT2D eigenvalue weighted by Gasteiger charge is -2.32. The van der Waals surface area contributed by atoms with E-state index >= 15 is 0 Å². The average molecular weight is 564 g/mol. The molecule has 0 bridgehead atoms. The molecule has 1 aliphatic heterocycles. The van der Waals surface area contributed by atoms with Gasteiger partial charge in [0.25, 0.3) is 0 Å². The third-order valence-electron chi connectivity index (χ3n) is 8.45. The van der Waals surface area contributed by atoms with Crippen molar-refractivity contribution >= 4 is 39.0 Å². The number of anilines is 3. The molecule has 6 aromatic carbocycles. The van der Waals surface area contributed by atoms with Crippen LogP contribution >= 0.6 is 0 Å². The molecule has 2 aromatic heterocycles. The number of benzene rings is 6. The molecule has 0 fully saturated rings. The summed E-state index contributed by atoms with van der Waals surface area (Å²) in [5.41, 5.74) is 10.9. The Kier molecular flexibility index (Phi) is 5.43. The minimum absolute atomic E-state index is 0.888. The molecular weight excluding hydrogens is 538 g/mol. The van der Waals surface area contributed by atoms with E-state index in [2.05, 4.69) is 136 Å². The van der Waals surface area contributed by atoms with Crippen LogP contribution < -0.4 is 4.90 Å². The minimum atomic E-state index is 0.888. The van der Waals surface area contributed by atoms with Gasteiger partial charge < -0.3 is 0 Å². The number of nitrogens with zero attached hydrogens (tertiary/aromatic N) is 5. The Morgan fingerprint density at radius 3 is 2.09 bits per heavy atom. The molecule has 0 radical (unpaired) electrons. The topological polar surface area (TPSA) is 46.8 Å². The van der Waals surface area contributed by atoms with Crippen LogP contribution in [-0.4, -0.2) is 19.5 Å². The van der Waals surface area contributed by atoms with Crippen molar-refractivity contribution in [3.05, 3.63) is 152 Å². The Balaban J connectivity index is 1.19. The number of hydrogen-bond acceptors (Lipinski definition) is 4. The van der Waals surface area contributed by atoms with Crippen LogP contribution in [0.3, 0.4) is 0 Å². The van der Waals surface area contributed by atoms with Gasteiger partial charge >= 0.3 is 0 Å². The van der Waals surface area contributed by atoms with Crippen LogP contribution in [0.1, 0.15) is 0 Å². The van der Waals surface area contributed by atoms with Crippen LogP contribution in [0.2, 0.25) is 0 Å². The van der Waals surface area contributed by atoms with Gasteiger partial charge in [-0.1, -0.05) is 84.9 Å². The van der Waals surface area contributed by atoms with E-state index in [1.807, 2.05) is 24.4 Å². The summed E-state index contributed by atoms with van der Waals surface area (Å²) in [5, 5.41) is 2.39. The first-order valence-electron chi connectivity index (χ1n) is 14.7. The Hall–Kier alpha value is -6.07. The van der Waals surface area contributed by atoms with Crippen LogP contribution in [0.4, 0.5) is 17.2 Å². The molecule has 0 aliphatic carbocycles. The summed E-state index contributed by atoms with van der Waals surface area (Å²) in [4.78, 5) is 16.5. The quantitative estimate of drug-likeness (QED) is 0.214. The molecule has 5 nitrogen and oxygen atoms in total. The number of hydrogen-bond donors (Lipinski definition) is 0. The van der Waals surface area contributed by atoms with Gasteiger partial charge in [-0.2, -0.15) is 0 Å². The highest BCUT2D eigenvalue weighted by Gasteiger charge is 2.27. The summed E-state index contributed by atoms with van der Waals surface area (Å²) in [6.07, 6.45) is 3.56. The third-order valence-corrected chi connectivity index (χ3v) is 8.45. The molecule has 0 saturated carbocycles. The van der Waals surface area contributed by atoms with Gasteiger partial charge in [-0.15, -0.1) is 0 Å². The number of aromatic nitrogens is 4. The highest BCUT2D eigenvalue weighted by atomic mass is 15.2. The first-order valence-corrected chi connectivity index (χ1v) is 14.7. The Morgan fingerprint density at radius 1 is 0.545 bits per heavy atom. The van der Waals surface area contributed by atoms with Gasteiger partial charge in [-0.3, -0.25) is 9.47 Å². The average Bonchev–Trinajstić information content (AvgIpc) is 3.49. The fourth-order valence-electron chi connectivity index (χ4n) is 6.49. The van der Waals surface area contributed by atoms with E-state index < -0.39 is 0 Å². The second-order valence-corrected chi connectivity index (χ2v) is 11.0. The molecule has 0 saturated heterocycles. The van der Waals surface area contributed by atoms with Gasteiger partial charge in [-0.25, -0.2) is 15.0 Å². The summed E-state index contributed by atoms with van der Waals surface area (Å²) < 4.78 is 2.24. The van der Waals surface area contributed by atoms with Crippen molar-refractivity contribution in [3.63, 3.8) is 0 Å². The Morgan fingerprint density at radius 2 is 1.27 bits per heavy atom. The van der Waals surface area contributed by atoms with Crippen LogP contribution in [0.25, 0.3) is 61.1 Å². The molecule has 0 N–H and O–H groups in total. The molecular formula is C39H25N5. The van der Waals surface area contributed by atoms with Gasteiger partial charge in [0.1, 0.15) is 18.0 Å². The van der Waals surface area contributed by atoms with Crippen molar-refractivity contribution in [3.8, 4) is 39.3 Å². The lowest BCUT2D eigenvalue weighted by Crippen LogP contribution is -2.16. The van der Waals surface area contributed by atoms with Gasteiger partial charge in [0, 0.05) is 34.1 Å². The zero-order valence-corrected chi connectivity index (χ0v) is 23.7. The zero-order valence-electron chi connectivity index (χ0n) is 23.7. The van der Waals surface area contributed by atoms with Crippen LogP contribution in [0.5, 0.6) is 0 Å². The predicted molar refractivity (Wildman–Crippen MR) is 179 cm³/mol. The summed E-state index contributed by atoms with van der Waals surface area (Å²) in [6, 6.07) is 49.0. The Bertz CT molecular complexity index is 2320. The fraction of sp³-hybridized carbons (Fsp3) is 0. The first-order chi connectivity index (χ1) is 21.8. The van der Waals surface area contributed by atoms with Crippen LogP contribution in [-0.2, 0) is 0 Å². The van der Waals surface area contributed by atoms with E-state index in [0.29, 0.717) is 0 Å². The van der Waals surface area contributed by atoms with Crippen molar-refractivity contribution in [1.29, 1.82) is 0 Å².